The van der Waals surface area contributed by atoms with Crippen molar-refractivity contribution in [3.63, 3.8) is 0 Å². The number of ether oxygens (including phenoxy) is 2. The maximum Gasteiger partial charge on any atom is 0.161 e. The molecule has 0 saturated carbocycles. The summed E-state index contributed by atoms with van der Waals surface area (Å²) in [4.78, 5) is 0. The number of rotatable bonds is 4. The molecular formula is C15H17NO2. The lowest BCUT2D eigenvalue weighted by Crippen LogP contribution is -2.00. The first-order valence-electron chi connectivity index (χ1n) is 5.81. The Morgan fingerprint density at radius 3 is 2.44 bits per heavy atom. The van der Waals surface area contributed by atoms with Crippen LogP contribution in [0.5, 0.6) is 11.5 Å². The molecule has 0 bridgehead atoms. The van der Waals surface area contributed by atoms with Crippen molar-refractivity contribution in [3.05, 3.63) is 53.6 Å². The molecule has 2 aromatic rings. The highest BCUT2D eigenvalue weighted by Crippen LogP contribution is 2.27. The van der Waals surface area contributed by atoms with E-state index >= 15 is 0 Å². The molecule has 0 fully saturated rings. The van der Waals surface area contributed by atoms with Gasteiger partial charge in [-0.05, 0) is 42.3 Å². The van der Waals surface area contributed by atoms with Crippen LogP contribution in [0.1, 0.15) is 11.1 Å². The van der Waals surface area contributed by atoms with Crippen LogP contribution in [0.2, 0.25) is 0 Å². The zero-order chi connectivity index (χ0) is 13.0. The van der Waals surface area contributed by atoms with Gasteiger partial charge in [-0.25, -0.2) is 0 Å². The number of nitrogen functional groups attached to an aromatic ring is 1. The van der Waals surface area contributed by atoms with Gasteiger partial charge in [0, 0.05) is 5.69 Å². The second-order valence-corrected chi connectivity index (χ2v) is 4.13. The van der Waals surface area contributed by atoms with Gasteiger partial charge < -0.3 is 15.2 Å². The number of hydrogen-bond donors (Lipinski definition) is 1. The van der Waals surface area contributed by atoms with Crippen LogP contribution in [0.15, 0.2) is 42.5 Å². The second-order valence-electron chi connectivity index (χ2n) is 4.13. The molecular weight excluding hydrogens is 226 g/mol. The van der Waals surface area contributed by atoms with E-state index in [1.807, 2.05) is 49.4 Å². The topological polar surface area (TPSA) is 44.5 Å². The minimum atomic E-state index is 0.506. The molecule has 2 N–H and O–H groups in total. The summed E-state index contributed by atoms with van der Waals surface area (Å²) in [5.74, 6) is 1.49. The second kappa shape index (κ2) is 5.45. The average Bonchev–Trinajstić information content (AvgIpc) is 2.38. The zero-order valence-corrected chi connectivity index (χ0v) is 10.6. The van der Waals surface area contributed by atoms with E-state index in [0.29, 0.717) is 6.61 Å². The SMILES string of the molecule is COc1ccccc1OCc1ccc(N)cc1C. The molecule has 0 radical (unpaired) electrons. The summed E-state index contributed by atoms with van der Waals surface area (Å²) in [6.07, 6.45) is 0. The highest BCUT2D eigenvalue weighted by Gasteiger charge is 2.04. The Balaban J connectivity index is 2.11. The van der Waals surface area contributed by atoms with Crippen LogP contribution in [0.25, 0.3) is 0 Å². The fourth-order valence-electron chi connectivity index (χ4n) is 1.77. The number of aryl methyl sites for hydroxylation is 1. The fourth-order valence-corrected chi connectivity index (χ4v) is 1.77. The van der Waals surface area contributed by atoms with E-state index in [0.717, 1.165) is 28.3 Å². The predicted molar refractivity (Wildman–Crippen MR) is 72.9 cm³/mol. The lowest BCUT2D eigenvalue weighted by Gasteiger charge is -2.12. The molecule has 0 saturated heterocycles. The van der Waals surface area contributed by atoms with Crippen LogP contribution in [0, 0.1) is 6.92 Å². The minimum Gasteiger partial charge on any atom is -0.493 e. The minimum absolute atomic E-state index is 0.506. The lowest BCUT2D eigenvalue weighted by atomic mass is 10.1. The van der Waals surface area contributed by atoms with Crippen LogP contribution in [-0.2, 0) is 6.61 Å². The van der Waals surface area contributed by atoms with Crippen molar-refractivity contribution < 1.29 is 9.47 Å². The molecule has 0 aliphatic carbocycles. The number of para-hydroxylation sites is 2. The van der Waals surface area contributed by atoms with Crippen LogP contribution < -0.4 is 15.2 Å². The molecule has 0 aromatic heterocycles. The Bertz CT molecular complexity index is 538. The van der Waals surface area contributed by atoms with Gasteiger partial charge in [0.25, 0.3) is 0 Å². The van der Waals surface area contributed by atoms with Crippen molar-refractivity contribution in [3.8, 4) is 11.5 Å². The number of anilines is 1. The van der Waals surface area contributed by atoms with Crippen LogP contribution in [0.3, 0.4) is 0 Å². The van der Waals surface area contributed by atoms with Gasteiger partial charge in [-0.1, -0.05) is 18.2 Å². The summed E-state index contributed by atoms with van der Waals surface area (Å²) < 4.78 is 11.0. The van der Waals surface area contributed by atoms with Crippen molar-refractivity contribution >= 4 is 5.69 Å². The summed E-state index contributed by atoms with van der Waals surface area (Å²) in [7, 11) is 1.64. The molecule has 0 aliphatic rings. The van der Waals surface area contributed by atoms with E-state index in [1.165, 1.54) is 0 Å². The maximum absolute atomic E-state index is 5.77. The largest absolute Gasteiger partial charge is 0.493 e. The third kappa shape index (κ3) is 2.74. The Morgan fingerprint density at radius 2 is 1.78 bits per heavy atom. The Labute approximate surface area is 107 Å². The molecule has 94 valence electrons. The number of nitrogens with two attached hydrogens (primary N) is 1. The molecule has 0 unspecified atom stereocenters. The molecule has 2 rings (SSSR count). The molecule has 0 amide bonds. The monoisotopic (exact) mass is 243 g/mol. The Morgan fingerprint density at radius 1 is 1.06 bits per heavy atom. The van der Waals surface area contributed by atoms with E-state index < -0.39 is 0 Å². The number of methoxy groups -OCH3 is 1. The zero-order valence-electron chi connectivity index (χ0n) is 10.6. The highest BCUT2D eigenvalue weighted by atomic mass is 16.5. The average molecular weight is 243 g/mol. The third-order valence-corrected chi connectivity index (χ3v) is 2.82. The summed E-state index contributed by atoms with van der Waals surface area (Å²) >= 11 is 0. The van der Waals surface area contributed by atoms with Crippen LogP contribution >= 0.6 is 0 Å². The predicted octanol–water partition coefficient (Wildman–Crippen LogP) is 3.16. The lowest BCUT2D eigenvalue weighted by molar-refractivity contribution is 0.284. The van der Waals surface area contributed by atoms with Crippen molar-refractivity contribution in [1.82, 2.24) is 0 Å². The molecule has 3 nitrogen and oxygen atoms in total. The molecule has 0 heterocycles. The van der Waals surface area contributed by atoms with E-state index in [9.17, 15) is 0 Å². The quantitative estimate of drug-likeness (QED) is 0.839. The summed E-state index contributed by atoms with van der Waals surface area (Å²) in [5, 5.41) is 0. The van der Waals surface area contributed by atoms with Crippen molar-refractivity contribution in [2.45, 2.75) is 13.5 Å². The van der Waals surface area contributed by atoms with Crippen LogP contribution in [0.4, 0.5) is 5.69 Å². The molecule has 3 heteroatoms. The van der Waals surface area contributed by atoms with Gasteiger partial charge in [-0.15, -0.1) is 0 Å². The van der Waals surface area contributed by atoms with Gasteiger partial charge in [0.15, 0.2) is 11.5 Å². The Hall–Kier alpha value is -2.16. The maximum atomic E-state index is 5.77. The molecule has 0 spiro atoms. The number of benzene rings is 2. The first-order valence-corrected chi connectivity index (χ1v) is 5.81. The standard InChI is InChI=1S/C15H17NO2/c1-11-9-13(16)8-7-12(11)10-18-15-6-4-3-5-14(15)17-2/h3-9H,10,16H2,1-2H3. The fraction of sp³-hybridized carbons (Fsp3) is 0.200. The molecule has 18 heavy (non-hydrogen) atoms. The normalized spacial score (nSPS) is 10.1. The van der Waals surface area contributed by atoms with Crippen molar-refractivity contribution in [1.29, 1.82) is 0 Å². The number of hydrogen-bond acceptors (Lipinski definition) is 3. The first kappa shape index (κ1) is 12.3. The summed E-state index contributed by atoms with van der Waals surface area (Å²) in [6.45, 7) is 2.53. The smallest absolute Gasteiger partial charge is 0.161 e. The van der Waals surface area contributed by atoms with Gasteiger partial charge in [0.05, 0.1) is 7.11 Å². The van der Waals surface area contributed by atoms with Gasteiger partial charge in [-0.3, -0.25) is 0 Å². The van der Waals surface area contributed by atoms with Gasteiger partial charge in [0.2, 0.25) is 0 Å². The first-order chi connectivity index (χ1) is 8.70. The third-order valence-electron chi connectivity index (χ3n) is 2.82. The molecule has 2 aromatic carbocycles. The van der Waals surface area contributed by atoms with Crippen LogP contribution in [-0.4, -0.2) is 7.11 Å². The Kier molecular flexibility index (Phi) is 3.72. The van der Waals surface area contributed by atoms with E-state index in [4.69, 9.17) is 15.2 Å². The van der Waals surface area contributed by atoms with Crippen molar-refractivity contribution in [2.24, 2.45) is 0 Å². The van der Waals surface area contributed by atoms with E-state index in [1.54, 1.807) is 7.11 Å². The van der Waals surface area contributed by atoms with Crippen molar-refractivity contribution in [2.75, 3.05) is 12.8 Å². The molecule has 0 aliphatic heterocycles. The van der Waals surface area contributed by atoms with Gasteiger partial charge >= 0.3 is 0 Å². The summed E-state index contributed by atoms with van der Waals surface area (Å²) in [6, 6.07) is 13.4. The summed E-state index contributed by atoms with van der Waals surface area (Å²) in [5.41, 5.74) is 8.74. The van der Waals surface area contributed by atoms with E-state index in [-0.39, 0.29) is 0 Å². The highest BCUT2D eigenvalue weighted by molar-refractivity contribution is 5.44. The van der Waals surface area contributed by atoms with Gasteiger partial charge in [0.1, 0.15) is 6.61 Å². The molecule has 0 atom stereocenters. The van der Waals surface area contributed by atoms with E-state index in [2.05, 4.69) is 0 Å². The van der Waals surface area contributed by atoms with Gasteiger partial charge in [-0.2, -0.15) is 0 Å².